The first-order valence-corrected chi connectivity index (χ1v) is 24.8. The summed E-state index contributed by atoms with van der Waals surface area (Å²) >= 11 is 0. The number of hydrogen-bond acceptors (Lipinski definition) is 12. The van der Waals surface area contributed by atoms with E-state index < -0.39 is 15.8 Å². The molecular formula is C56H48CoN4O8P2+2. The van der Waals surface area contributed by atoms with Crippen molar-refractivity contribution in [3.05, 3.63) is 288 Å². The molecule has 15 heteroatoms. The van der Waals surface area contributed by atoms with Gasteiger partial charge in [0.15, 0.2) is 34.4 Å². The normalized spacial score (nSPS) is 11.1. The Bertz CT molecular complexity index is 2680. The maximum atomic E-state index is 10.7. The van der Waals surface area contributed by atoms with Crippen molar-refractivity contribution in [2.24, 2.45) is 10.4 Å². The number of hydrogen-bond donors (Lipinski definition) is 4. The number of furan rings is 4. The molecule has 0 amide bonds. The molecule has 1 radical (unpaired) electrons. The van der Waals surface area contributed by atoms with Crippen molar-refractivity contribution in [1.29, 1.82) is 0 Å². The van der Waals surface area contributed by atoms with E-state index in [1.807, 2.05) is 11.0 Å². The summed E-state index contributed by atoms with van der Waals surface area (Å²) in [5.41, 5.74) is 3.72. The fourth-order valence-corrected chi connectivity index (χ4v) is 12.3. The van der Waals surface area contributed by atoms with Gasteiger partial charge in [-0.25, -0.2) is 0 Å². The molecule has 0 aliphatic rings. The Morgan fingerprint density at radius 2 is 0.535 bits per heavy atom. The van der Waals surface area contributed by atoms with Gasteiger partial charge in [0.2, 0.25) is 0 Å². The van der Waals surface area contributed by atoms with Crippen LogP contribution in [0, 0.1) is 9.81 Å². The first-order chi connectivity index (χ1) is 34.6. The number of rotatable bonds is 14. The molecule has 0 atom stereocenters. The molecule has 10 rings (SSSR count). The van der Waals surface area contributed by atoms with Crippen LogP contribution in [0.1, 0.15) is 23.0 Å². The summed E-state index contributed by atoms with van der Waals surface area (Å²) in [7, 11) is -1.75. The standard InChI is InChI=1S/2C18H15P.2C10H8N2O4.Co/c2*1-4-10-16(11-5-1)19(17-12-6-2-7-13-17)18-14-8-3-9-15-18;2*13-11-9(7-3-1-5-15-7)10(12-14)8-4-2-6-16-8;/h2*1-15H;2*1-6,11,13H;/p+2. The predicted molar refractivity (Wildman–Crippen MR) is 283 cm³/mol. The molecule has 4 aromatic heterocycles. The van der Waals surface area contributed by atoms with Gasteiger partial charge in [-0.3, -0.25) is 21.4 Å². The monoisotopic (exact) mass is 1030 g/mol. The summed E-state index contributed by atoms with van der Waals surface area (Å²) in [5, 5.41) is 32.2. The van der Waals surface area contributed by atoms with Crippen molar-refractivity contribution < 1.29 is 44.9 Å². The van der Waals surface area contributed by atoms with Gasteiger partial charge in [0, 0.05) is 16.8 Å². The van der Waals surface area contributed by atoms with E-state index in [-0.39, 0.29) is 62.6 Å². The average molecular weight is 1030 g/mol. The van der Waals surface area contributed by atoms with E-state index in [9.17, 15) is 9.81 Å². The van der Waals surface area contributed by atoms with E-state index in [1.54, 1.807) is 48.5 Å². The van der Waals surface area contributed by atoms with Crippen LogP contribution < -0.4 is 42.8 Å². The van der Waals surface area contributed by atoms with Crippen LogP contribution in [0.15, 0.2) is 284 Å². The second-order valence-electron chi connectivity index (χ2n) is 14.7. The molecule has 0 spiro atoms. The Balaban J connectivity index is 0.000000155. The summed E-state index contributed by atoms with van der Waals surface area (Å²) in [4.78, 5) is 21.5. The summed E-state index contributed by atoms with van der Waals surface area (Å²) < 4.78 is 20.1. The van der Waals surface area contributed by atoms with Gasteiger partial charge in [-0.2, -0.15) is 0 Å². The van der Waals surface area contributed by atoms with E-state index in [0.717, 1.165) is 0 Å². The Hall–Kier alpha value is -7.99. The number of nitrogens with one attached hydrogen (secondary N) is 2. The van der Waals surface area contributed by atoms with Crippen molar-refractivity contribution >= 4 is 70.5 Å². The minimum Gasteiger partial charge on any atom is -0.463 e. The first-order valence-electron chi connectivity index (χ1n) is 21.8. The molecule has 0 saturated carbocycles. The van der Waals surface area contributed by atoms with E-state index in [0.29, 0.717) is 0 Å². The molecule has 0 saturated heterocycles. The second kappa shape index (κ2) is 28.5. The Kier molecular flexibility index (Phi) is 21.0. The van der Waals surface area contributed by atoms with E-state index in [4.69, 9.17) is 28.1 Å². The SMILES string of the molecule is O=NC(=C(NO)c1ccco1)c1ccco1.O=NC(=C(NO)c1ccco1)c1ccco1.[Co].c1ccc([PH+](c2ccccc2)c2ccccc2)cc1.c1ccc([PH+](c2ccccc2)c2ccccc2)cc1. The molecule has 0 aliphatic heterocycles. The summed E-state index contributed by atoms with van der Waals surface area (Å²) in [5.74, 6) is 1.05. The molecule has 0 bridgehead atoms. The molecule has 357 valence electrons. The van der Waals surface area contributed by atoms with Crippen molar-refractivity contribution in [3.8, 4) is 0 Å². The van der Waals surface area contributed by atoms with Gasteiger partial charge in [0.25, 0.3) is 0 Å². The first kappa shape index (κ1) is 52.4. The zero-order valence-electron chi connectivity index (χ0n) is 37.8. The topological polar surface area (TPSA) is 176 Å². The van der Waals surface area contributed by atoms with Crippen LogP contribution in [0.5, 0.6) is 0 Å². The zero-order chi connectivity index (χ0) is 48.6. The molecule has 4 N–H and O–H groups in total. The Morgan fingerprint density at radius 3 is 0.704 bits per heavy atom. The van der Waals surface area contributed by atoms with Crippen LogP contribution in [-0.4, -0.2) is 10.4 Å². The molecule has 71 heavy (non-hydrogen) atoms. The predicted octanol–water partition coefficient (Wildman–Crippen LogP) is 11.2. The van der Waals surface area contributed by atoms with Gasteiger partial charge in [0.1, 0.15) is 43.2 Å². The van der Waals surface area contributed by atoms with Crippen molar-refractivity contribution in [1.82, 2.24) is 11.0 Å². The third-order valence-electron chi connectivity index (χ3n) is 10.3. The summed E-state index contributed by atoms with van der Waals surface area (Å²) in [6.45, 7) is 0. The zero-order valence-corrected chi connectivity index (χ0v) is 40.9. The largest absolute Gasteiger partial charge is 0.463 e. The molecule has 0 aliphatic carbocycles. The van der Waals surface area contributed by atoms with Gasteiger partial charge >= 0.3 is 0 Å². The third kappa shape index (κ3) is 14.5. The van der Waals surface area contributed by atoms with Crippen LogP contribution in [0.2, 0.25) is 0 Å². The van der Waals surface area contributed by atoms with Crippen LogP contribution in [0.4, 0.5) is 0 Å². The minimum atomic E-state index is -0.877. The van der Waals surface area contributed by atoms with Crippen molar-refractivity contribution in [2.75, 3.05) is 0 Å². The molecule has 4 heterocycles. The Morgan fingerprint density at radius 1 is 0.324 bits per heavy atom. The van der Waals surface area contributed by atoms with E-state index in [2.05, 4.69) is 192 Å². The van der Waals surface area contributed by atoms with Crippen LogP contribution in [-0.2, 0) is 16.8 Å². The molecule has 0 fully saturated rings. The molecule has 6 aromatic carbocycles. The summed E-state index contributed by atoms with van der Waals surface area (Å²) in [6.07, 6.45) is 5.63. The molecular weight excluding hydrogens is 978 g/mol. The van der Waals surface area contributed by atoms with E-state index in [1.165, 1.54) is 56.9 Å². The molecule has 10 aromatic rings. The van der Waals surface area contributed by atoms with Crippen molar-refractivity contribution in [2.45, 2.75) is 0 Å². The smallest absolute Gasteiger partial charge is 0.179 e. The number of hydroxylamine groups is 2. The maximum Gasteiger partial charge on any atom is 0.179 e. The minimum absolute atomic E-state index is 0. The second-order valence-corrected chi connectivity index (χ2v) is 19.7. The van der Waals surface area contributed by atoms with Crippen LogP contribution in [0.25, 0.3) is 22.8 Å². The van der Waals surface area contributed by atoms with Crippen LogP contribution in [0.3, 0.4) is 0 Å². The van der Waals surface area contributed by atoms with E-state index >= 15 is 0 Å². The fourth-order valence-electron chi connectivity index (χ4n) is 7.17. The van der Waals surface area contributed by atoms with Crippen LogP contribution >= 0.6 is 15.8 Å². The number of nitroso groups, excluding NO2 is 2. The number of nitrogens with zero attached hydrogens (tertiary/aromatic N) is 2. The van der Waals surface area contributed by atoms with Gasteiger partial charge in [-0.05, 0) is 132 Å². The Labute approximate surface area is 423 Å². The molecule has 0 unspecified atom stereocenters. The van der Waals surface area contributed by atoms with Gasteiger partial charge in [-0.15, -0.1) is 9.81 Å². The van der Waals surface area contributed by atoms with Gasteiger partial charge < -0.3 is 17.7 Å². The molecule has 12 nitrogen and oxygen atoms in total. The third-order valence-corrected chi connectivity index (χ3v) is 15.8. The fraction of sp³-hybridized carbons (Fsp3) is 0. The summed E-state index contributed by atoms with van der Waals surface area (Å²) in [6, 6.07) is 77.7. The quantitative estimate of drug-likeness (QED) is 0.0466. The van der Waals surface area contributed by atoms with Crippen molar-refractivity contribution in [3.63, 3.8) is 0 Å². The van der Waals surface area contributed by atoms with Gasteiger partial charge in [0.05, 0.1) is 40.9 Å². The number of benzene rings is 6. The average Bonchev–Trinajstić information content (AvgIpc) is 4.31. The van der Waals surface area contributed by atoms with Gasteiger partial charge in [-0.1, -0.05) is 109 Å². The maximum absolute atomic E-state index is 10.7.